The van der Waals surface area contributed by atoms with Crippen LogP contribution in [0.5, 0.6) is 5.75 Å². The van der Waals surface area contributed by atoms with Crippen LogP contribution in [-0.2, 0) is 9.59 Å². The Kier molecular flexibility index (Phi) is 2.99. The zero-order valence-corrected chi connectivity index (χ0v) is 9.74. The monoisotopic (exact) mass is 234 g/mol. The van der Waals surface area contributed by atoms with Crippen molar-refractivity contribution < 1.29 is 14.3 Å². The highest BCUT2D eigenvalue weighted by Gasteiger charge is 2.19. The van der Waals surface area contributed by atoms with Gasteiger partial charge >= 0.3 is 0 Å². The van der Waals surface area contributed by atoms with Crippen molar-refractivity contribution in [1.29, 1.82) is 0 Å². The summed E-state index contributed by atoms with van der Waals surface area (Å²) in [6.07, 6.45) is 0.147. The minimum absolute atomic E-state index is 0.0662. The van der Waals surface area contributed by atoms with Gasteiger partial charge in [-0.05, 0) is 19.1 Å². The SMILES string of the molecule is CC(=O)Nc1ccc2c(c1)OC(C)CC(=O)N2. The van der Waals surface area contributed by atoms with Crippen LogP contribution in [-0.4, -0.2) is 17.9 Å². The third-order valence-electron chi connectivity index (χ3n) is 2.38. The predicted molar refractivity (Wildman–Crippen MR) is 64.1 cm³/mol. The lowest BCUT2D eigenvalue weighted by Gasteiger charge is -2.12. The Hall–Kier alpha value is -2.04. The molecule has 2 amide bonds. The van der Waals surface area contributed by atoms with Crippen molar-refractivity contribution in [2.45, 2.75) is 26.4 Å². The number of benzene rings is 1. The second-order valence-electron chi connectivity index (χ2n) is 4.07. The van der Waals surface area contributed by atoms with Crippen molar-refractivity contribution >= 4 is 23.2 Å². The molecular formula is C12H14N2O3. The molecule has 2 rings (SSSR count). The molecule has 1 unspecified atom stereocenters. The van der Waals surface area contributed by atoms with Crippen LogP contribution in [0.2, 0.25) is 0 Å². The lowest BCUT2D eigenvalue weighted by Crippen LogP contribution is -2.17. The lowest BCUT2D eigenvalue weighted by molar-refractivity contribution is -0.117. The van der Waals surface area contributed by atoms with E-state index in [1.165, 1.54) is 6.92 Å². The number of ether oxygens (including phenoxy) is 1. The van der Waals surface area contributed by atoms with Gasteiger partial charge in [-0.1, -0.05) is 0 Å². The van der Waals surface area contributed by atoms with Crippen molar-refractivity contribution in [1.82, 2.24) is 0 Å². The van der Waals surface area contributed by atoms with E-state index < -0.39 is 0 Å². The molecular weight excluding hydrogens is 220 g/mol. The van der Waals surface area contributed by atoms with Crippen LogP contribution < -0.4 is 15.4 Å². The average Bonchev–Trinajstić information content (AvgIpc) is 2.33. The van der Waals surface area contributed by atoms with Gasteiger partial charge in [0.1, 0.15) is 11.9 Å². The number of anilines is 2. The average molecular weight is 234 g/mol. The molecule has 2 N–H and O–H groups in total. The molecule has 1 aliphatic rings. The molecule has 0 saturated carbocycles. The molecule has 5 heteroatoms. The molecule has 1 aromatic rings. The molecule has 1 aliphatic heterocycles. The van der Waals surface area contributed by atoms with Crippen LogP contribution in [0.4, 0.5) is 11.4 Å². The highest BCUT2D eigenvalue weighted by Crippen LogP contribution is 2.31. The first-order chi connectivity index (χ1) is 8.04. The third kappa shape index (κ3) is 2.75. The van der Waals surface area contributed by atoms with Gasteiger partial charge in [0.15, 0.2) is 0 Å². The minimum Gasteiger partial charge on any atom is -0.488 e. The number of amides is 2. The van der Waals surface area contributed by atoms with Crippen LogP contribution in [0.1, 0.15) is 20.3 Å². The molecule has 0 bridgehead atoms. The van der Waals surface area contributed by atoms with E-state index >= 15 is 0 Å². The van der Waals surface area contributed by atoms with Crippen molar-refractivity contribution in [3.8, 4) is 5.75 Å². The summed E-state index contributed by atoms with van der Waals surface area (Å²) in [5.74, 6) is 0.369. The van der Waals surface area contributed by atoms with Gasteiger partial charge in [-0.25, -0.2) is 0 Å². The zero-order valence-electron chi connectivity index (χ0n) is 9.74. The summed E-state index contributed by atoms with van der Waals surface area (Å²) in [6.45, 7) is 3.27. The summed E-state index contributed by atoms with van der Waals surface area (Å²) in [7, 11) is 0. The summed E-state index contributed by atoms with van der Waals surface area (Å²) in [6, 6.07) is 5.15. The largest absolute Gasteiger partial charge is 0.488 e. The van der Waals surface area contributed by atoms with E-state index in [1.807, 2.05) is 6.92 Å². The second kappa shape index (κ2) is 4.45. The molecule has 0 aromatic heterocycles. The Morgan fingerprint density at radius 1 is 1.53 bits per heavy atom. The van der Waals surface area contributed by atoms with E-state index in [9.17, 15) is 9.59 Å². The van der Waals surface area contributed by atoms with E-state index in [-0.39, 0.29) is 17.9 Å². The molecule has 5 nitrogen and oxygen atoms in total. The fraction of sp³-hybridized carbons (Fsp3) is 0.333. The van der Waals surface area contributed by atoms with E-state index in [0.717, 1.165) is 0 Å². The van der Waals surface area contributed by atoms with Crippen molar-refractivity contribution in [3.63, 3.8) is 0 Å². The van der Waals surface area contributed by atoms with Crippen LogP contribution >= 0.6 is 0 Å². The maximum Gasteiger partial charge on any atom is 0.228 e. The molecule has 0 spiro atoms. The molecule has 0 aliphatic carbocycles. The summed E-state index contributed by atoms with van der Waals surface area (Å²) in [4.78, 5) is 22.4. The Bertz CT molecular complexity index is 471. The second-order valence-corrected chi connectivity index (χ2v) is 4.07. The molecule has 90 valence electrons. The fourth-order valence-corrected chi connectivity index (χ4v) is 1.72. The Morgan fingerprint density at radius 3 is 3.00 bits per heavy atom. The van der Waals surface area contributed by atoms with Gasteiger partial charge in [0.2, 0.25) is 11.8 Å². The number of carbonyl (C=O) groups is 2. The van der Waals surface area contributed by atoms with E-state index in [1.54, 1.807) is 18.2 Å². The number of carbonyl (C=O) groups excluding carboxylic acids is 2. The van der Waals surface area contributed by atoms with Crippen molar-refractivity contribution in [2.75, 3.05) is 10.6 Å². The maximum absolute atomic E-state index is 11.5. The molecule has 0 radical (unpaired) electrons. The molecule has 0 fully saturated rings. The maximum atomic E-state index is 11.5. The number of fused-ring (bicyclic) bond motifs is 1. The topological polar surface area (TPSA) is 67.4 Å². The van der Waals surface area contributed by atoms with Crippen LogP contribution in [0.3, 0.4) is 0 Å². The number of hydrogen-bond donors (Lipinski definition) is 2. The van der Waals surface area contributed by atoms with E-state index in [2.05, 4.69) is 10.6 Å². The number of nitrogens with one attached hydrogen (secondary N) is 2. The number of rotatable bonds is 1. The van der Waals surface area contributed by atoms with Crippen LogP contribution in [0, 0.1) is 0 Å². The Balaban J connectivity index is 2.31. The highest BCUT2D eigenvalue weighted by molar-refractivity contribution is 5.95. The zero-order chi connectivity index (χ0) is 12.4. The first-order valence-corrected chi connectivity index (χ1v) is 5.43. The molecule has 1 heterocycles. The van der Waals surface area contributed by atoms with Gasteiger partial charge in [-0.15, -0.1) is 0 Å². The first-order valence-electron chi connectivity index (χ1n) is 5.43. The Morgan fingerprint density at radius 2 is 2.29 bits per heavy atom. The highest BCUT2D eigenvalue weighted by atomic mass is 16.5. The van der Waals surface area contributed by atoms with Crippen LogP contribution in [0.15, 0.2) is 18.2 Å². The normalized spacial score (nSPS) is 18.5. The number of hydrogen-bond acceptors (Lipinski definition) is 3. The summed E-state index contributed by atoms with van der Waals surface area (Å²) in [5, 5.41) is 5.43. The van der Waals surface area contributed by atoms with Gasteiger partial charge in [0.25, 0.3) is 0 Å². The molecule has 0 saturated heterocycles. The first kappa shape index (κ1) is 11.4. The van der Waals surface area contributed by atoms with Gasteiger partial charge in [-0.3, -0.25) is 9.59 Å². The molecule has 1 aromatic carbocycles. The minimum atomic E-state index is -0.177. The third-order valence-corrected chi connectivity index (χ3v) is 2.38. The quantitative estimate of drug-likeness (QED) is 0.778. The molecule has 17 heavy (non-hydrogen) atoms. The Labute approximate surface area is 99.2 Å². The summed E-state index contributed by atoms with van der Waals surface area (Å²) in [5.41, 5.74) is 1.29. The van der Waals surface area contributed by atoms with Gasteiger partial charge in [0.05, 0.1) is 12.1 Å². The van der Waals surface area contributed by atoms with E-state index in [4.69, 9.17) is 4.74 Å². The van der Waals surface area contributed by atoms with Crippen LogP contribution in [0.25, 0.3) is 0 Å². The van der Waals surface area contributed by atoms with E-state index in [0.29, 0.717) is 23.5 Å². The summed E-state index contributed by atoms with van der Waals surface area (Å²) < 4.78 is 5.61. The fourth-order valence-electron chi connectivity index (χ4n) is 1.72. The van der Waals surface area contributed by atoms with Crippen molar-refractivity contribution in [3.05, 3.63) is 18.2 Å². The smallest absolute Gasteiger partial charge is 0.228 e. The van der Waals surface area contributed by atoms with Gasteiger partial charge in [-0.2, -0.15) is 0 Å². The van der Waals surface area contributed by atoms with Crippen molar-refractivity contribution in [2.24, 2.45) is 0 Å². The van der Waals surface area contributed by atoms with Gasteiger partial charge < -0.3 is 15.4 Å². The molecule has 1 atom stereocenters. The standard InChI is InChI=1S/C12H14N2O3/c1-7-5-12(16)14-10-4-3-9(13-8(2)15)6-11(10)17-7/h3-4,6-7H,5H2,1-2H3,(H,13,15)(H,14,16). The summed E-state index contributed by atoms with van der Waals surface area (Å²) >= 11 is 0. The van der Waals surface area contributed by atoms with Gasteiger partial charge in [0, 0.05) is 18.7 Å². The lowest BCUT2D eigenvalue weighted by atomic mass is 10.2. The predicted octanol–water partition coefficient (Wildman–Crippen LogP) is 1.75.